The van der Waals surface area contributed by atoms with Crippen LogP contribution in [0.2, 0.25) is 0 Å². The smallest absolute Gasteiger partial charge is 0.123 e. The summed E-state index contributed by atoms with van der Waals surface area (Å²) >= 11 is 0. The average Bonchev–Trinajstić information content (AvgIpc) is 3.10. The number of ether oxygens (including phenoxy) is 2. The Morgan fingerprint density at radius 2 is 2.00 bits per heavy atom. The number of fused-ring (bicyclic) bond motifs is 7. The number of benzene rings is 1. The van der Waals surface area contributed by atoms with E-state index in [0.717, 1.165) is 31.3 Å². The Kier molecular flexibility index (Phi) is 2.21. The zero-order valence-corrected chi connectivity index (χ0v) is 11.6. The van der Waals surface area contributed by atoms with Crippen molar-refractivity contribution in [3.8, 4) is 5.75 Å². The van der Waals surface area contributed by atoms with Crippen LogP contribution in [0.3, 0.4) is 0 Å². The van der Waals surface area contributed by atoms with Gasteiger partial charge in [0.25, 0.3) is 0 Å². The van der Waals surface area contributed by atoms with Crippen LogP contribution in [-0.2, 0) is 4.74 Å². The molecule has 2 heterocycles. The molecule has 5 rings (SSSR count). The molecule has 0 unspecified atom stereocenters. The lowest BCUT2D eigenvalue weighted by molar-refractivity contribution is 0.0551. The Bertz CT molecular complexity index is 579. The second-order valence-corrected chi connectivity index (χ2v) is 6.97. The molecule has 2 heteroatoms. The molecule has 0 radical (unpaired) electrons. The third-order valence-electron chi connectivity index (χ3n) is 6.13. The highest BCUT2D eigenvalue weighted by Crippen LogP contribution is 2.59. The van der Waals surface area contributed by atoms with E-state index in [2.05, 4.69) is 30.8 Å². The largest absolute Gasteiger partial charge is 0.489 e. The minimum Gasteiger partial charge on any atom is -0.489 e. The van der Waals surface area contributed by atoms with Crippen molar-refractivity contribution in [3.63, 3.8) is 0 Å². The molecule has 2 saturated carbocycles. The van der Waals surface area contributed by atoms with Crippen LogP contribution in [0.5, 0.6) is 5.75 Å². The van der Waals surface area contributed by atoms with Gasteiger partial charge in [0.05, 0.1) is 6.61 Å². The lowest BCUT2D eigenvalue weighted by Gasteiger charge is -2.39. The Morgan fingerprint density at radius 3 is 2.95 bits per heavy atom. The Balaban J connectivity index is 1.57. The molecule has 6 atom stereocenters. The van der Waals surface area contributed by atoms with Crippen LogP contribution >= 0.6 is 0 Å². The van der Waals surface area contributed by atoms with E-state index >= 15 is 0 Å². The van der Waals surface area contributed by atoms with Crippen molar-refractivity contribution in [2.24, 2.45) is 23.7 Å². The molecule has 2 nitrogen and oxygen atoms in total. The number of para-hydroxylation sites is 1. The van der Waals surface area contributed by atoms with E-state index in [1.807, 2.05) is 0 Å². The quantitative estimate of drug-likeness (QED) is 0.671. The normalized spacial score (nSPS) is 44.5. The fraction of sp³-hybridized carbons (Fsp3) is 0.556. The zero-order chi connectivity index (χ0) is 13.3. The highest BCUT2D eigenvalue weighted by molar-refractivity contribution is 5.44. The van der Waals surface area contributed by atoms with Crippen molar-refractivity contribution >= 4 is 0 Å². The van der Waals surface area contributed by atoms with Crippen molar-refractivity contribution in [1.29, 1.82) is 0 Å². The molecule has 2 aliphatic heterocycles. The molecule has 20 heavy (non-hydrogen) atoms. The fourth-order valence-corrected chi connectivity index (χ4v) is 5.28. The van der Waals surface area contributed by atoms with Gasteiger partial charge in [0, 0.05) is 24.0 Å². The molecule has 0 spiro atoms. The van der Waals surface area contributed by atoms with Crippen LogP contribution in [0.4, 0.5) is 0 Å². The summed E-state index contributed by atoms with van der Waals surface area (Å²) in [4.78, 5) is 0. The lowest BCUT2D eigenvalue weighted by Crippen LogP contribution is -2.40. The SMILES string of the molecule is C=C1C[C@@H]2c3ccccc3O[C@@H]2[C@@H]2[C@@H]3COC[C@@H]3C[C@H]12. The molecule has 3 fully saturated rings. The van der Waals surface area contributed by atoms with Gasteiger partial charge in [-0.05, 0) is 36.7 Å². The first kappa shape index (κ1) is 11.4. The van der Waals surface area contributed by atoms with Gasteiger partial charge in [0.1, 0.15) is 11.9 Å². The minimum absolute atomic E-state index is 0.361. The standard InChI is InChI=1S/C18H20O2/c1-10-6-14-12-4-2-3-5-16(12)20-18(14)17-13(10)7-11-8-19-9-15(11)17/h2-5,11,13-15,17-18H,1,6-9H2/t11-,13+,14+,15+,17-,18-/m0/s1. The van der Waals surface area contributed by atoms with Gasteiger partial charge >= 0.3 is 0 Å². The third-order valence-corrected chi connectivity index (χ3v) is 6.13. The van der Waals surface area contributed by atoms with Gasteiger partial charge in [0.15, 0.2) is 0 Å². The molecule has 104 valence electrons. The van der Waals surface area contributed by atoms with Gasteiger partial charge in [-0.3, -0.25) is 0 Å². The van der Waals surface area contributed by atoms with Crippen LogP contribution in [-0.4, -0.2) is 19.3 Å². The maximum absolute atomic E-state index is 6.38. The van der Waals surface area contributed by atoms with Gasteiger partial charge in [-0.2, -0.15) is 0 Å². The van der Waals surface area contributed by atoms with Gasteiger partial charge in [-0.15, -0.1) is 0 Å². The van der Waals surface area contributed by atoms with E-state index in [9.17, 15) is 0 Å². The van der Waals surface area contributed by atoms with Crippen molar-refractivity contribution in [2.75, 3.05) is 13.2 Å². The van der Waals surface area contributed by atoms with E-state index in [1.54, 1.807) is 0 Å². The molecule has 1 saturated heterocycles. The van der Waals surface area contributed by atoms with Gasteiger partial charge in [-0.25, -0.2) is 0 Å². The molecular formula is C18H20O2. The second-order valence-electron chi connectivity index (χ2n) is 6.97. The first-order chi connectivity index (χ1) is 9.83. The summed E-state index contributed by atoms with van der Waals surface area (Å²) in [5, 5.41) is 0. The number of rotatable bonds is 0. The third kappa shape index (κ3) is 1.33. The maximum atomic E-state index is 6.38. The molecule has 0 amide bonds. The highest BCUT2D eigenvalue weighted by atomic mass is 16.5. The molecule has 2 aliphatic carbocycles. The first-order valence-corrected chi connectivity index (χ1v) is 7.84. The molecule has 0 bridgehead atoms. The first-order valence-electron chi connectivity index (χ1n) is 7.84. The van der Waals surface area contributed by atoms with E-state index in [1.165, 1.54) is 17.6 Å². The summed E-state index contributed by atoms with van der Waals surface area (Å²) in [6, 6.07) is 8.59. The lowest BCUT2D eigenvalue weighted by atomic mass is 9.68. The highest BCUT2D eigenvalue weighted by Gasteiger charge is 2.57. The summed E-state index contributed by atoms with van der Waals surface area (Å²) in [7, 11) is 0. The average molecular weight is 268 g/mol. The van der Waals surface area contributed by atoms with Crippen LogP contribution in [0.25, 0.3) is 0 Å². The van der Waals surface area contributed by atoms with Crippen molar-refractivity contribution in [1.82, 2.24) is 0 Å². The predicted octanol–water partition coefficient (Wildman–Crippen LogP) is 3.39. The molecule has 4 aliphatic rings. The van der Waals surface area contributed by atoms with Crippen molar-refractivity contribution in [3.05, 3.63) is 42.0 Å². The van der Waals surface area contributed by atoms with E-state index in [0.29, 0.717) is 29.8 Å². The summed E-state index contributed by atoms with van der Waals surface area (Å²) in [6.45, 7) is 6.31. The Morgan fingerprint density at radius 1 is 1.10 bits per heavy atom. The predicted molar refractivity (Wildman–Crippen MR) is 76.8 cm³/mol. The number of hydrogen-bond donors (Lipinski definition) is 0. The summed E-state index contributed by atoms with van der Waals surface area (Å²) < 4.78 is 12.1. The van der Waals surface area contributed by atoms with Gasteiger partial charge < -0.3 is 9.47 Å². The summed E-state index contributed by atoms with van der Waals surface area (Å²) in [6.07, 6.45) is 2.75. The Hall–Kier alpha value is -1.28. The van der Waals surface area contributed by atoms with E-state index in [-0.39, 0.29) is 0 Å². The van der Waals surface area contributed by atoms with Crippen LogP contribution < -0.4 is 4.74 Å². The molecular weight excluding hydrogens is 248 g/mol. The Labute approximate surface area is 119 Å². The number of allylic oxidation sites excluding steroid dienone is 1. The molecule has 0 N–H and O–H groups in total. The fourth-order valence-electron chi connectivity index (χ4n) is 5.28. The van der Waals surface area contributed by atoms with E-state index < -0.39 is 0 Å². The zero-order valence-electron chi connectivity index (χ0n) is 11.6. The van der Waals surface area contributed by atoms with Gasteiger partial charge in [-0.1, -0.05) is 30.4 Å². The molecule has 0 aromatic heterocycles. The van der Waals surface area contributed by atoms with Gasteiger partial charge in [0.2, 0.25) is 0 Å². The maximum Gasteiger partial charge on any atom is 0.123 e. The second kappa shape index (κ2) is 3.88. The summed E-state index contributed by atoms with van der Waals surface area (Å²) in [5.41, 5.74) is 2.87. The van der Waals surface area contributed by atoms with Crippen molar-refractivity contribution < 1.29 is 9.47 Å². The topological polar surface area (TPSA) is 18.5 Å². The van der Waals surface area contributed by atoms with Crippen LogP contribution in [0.15, 0.2) is 36.4 Å². The van der Waals surface area contributed by atoms with Crippen LogP contribution in [0.1, 0.15) is 24.3 Å². The minimum atomic E-state index is 0.361. The molecule has 1 aromatic rings. The number of hydrogen-bond acceptors (Lipinski definition) is 2. The van der Waals surface area contributed by atoms with Crippen LogP contribution in [0, 0.1) is 23.7 Å². The van der Waals surface area contributed by atoms with E-state index in [4.69, 9.17) is 9.47 Å². The summed E-state index contributed by atoms with van der Waals surface area (Å²) in [5.74, 6) is 4.37. The monoisotopic (exact) mass is 268 g/mol. The van der Waals surface area contributed by atoms with Crippen molar-refractivity contribution in [2.45, 2.75) is 24.9 Å². The molecule has 1 aromatic carbocycles.